The molecule has 2 atom stereocenters. The van der Waals surface area contributed by atoms with Crippen molar-refractivity contribution in [3.63, 3.8) is 0 Å². The number of ether oxygens (including phenoxy) is 2. The minimum absolute atomic E-state index is 0.483. The number of piperidine rings is 1. The van der Waals surface area contributed by atoms with Gasteiger partial charge in [-0.15, -0.1) is 0 Å². The molecule has 0 bridgehead atoms. The third-order valence-electron chi connectivity index (χ3n) is 6.21. The van der Waals surface area contributed by atoms with Gasteiger partial charge in [-0.05, 0) is 56.6 Å². The van der Waals surface area contributed by atoms with E-state index in [-0.39, 0.29) is 0 Å². The number of nitrogens with one attached hydrogen (secondary N) is 1. The largest absolute Gasteiger partial charge is 0.490 e. The number of hydrogen-bond donors (Lipinski definition) is 1. The Kier molecular flexibility index (Phi) is 7.98. The summed E-state index contributed by atoms with van der Waals surface area (Å²) in [5.41, 5.74) is 2.44. The van der Waals surface area contributed by atoms with E-state index in [2.05, 4.69) is 45.5 Å². The highest BCUT2D eigenvalue weighted by atomic mass is 16.5. The summed E-state index contributed by atoms with van der Waals surface area (Å²) in [4.78, 5) is 6.92. The van der Waals surface area contributed by atoms with Gasteiger partial charge in [0.2, 0.25) is 0 Å². The Labute approximate surface area is 180 Å². The van der Waals surface area contributed by atoms with Crippen molar-refractivity contribution in [2.45, 2.75) is 51.2 Å². The van der Waals surface area contributed by atoms with Crippen molar-refractivity contribution in [1.82, 2.24) is 10.3 Å². The monoisotopic (exact) mass is 409 g/mol. The normalized spacial score (nSPS) is 21.7. The number of rotatable bonds is 10. The van der Waals surface area contributed by atoms with E-state index in [1.165, 1.54) is 43.4 Å². The van der Waals surface area contributed by atoms with Crippen LogP contribution in [0.15, 0.2) is 48.8 Å². The van der Waals surface area contributed by atoms with E-state index < -0.39 is 0 Å². The van der Waals surface area contributed by atoms with Gasteiger partial charge in [0.05, 0.1) is 24.7 Å². The molecule has 2 fully saturated rings. The van der Waals surface area contributed by atoms with E-state index in [0.29, 0.717) is 12.6 Å². The number of aromatic nitrogens is 1. The van der Waals surface area contributed by atoms with Crippen molar-refractivity contribution < 1.29 is 9.47 Å². The highest BCUT2D eigenvalue weighted by molar-refractivity contribution is 5.48. The highest BCUT2D eigenvalue weighted by Gasteiger charge is 2.21. The van der Waals surface area contributed by atoms with Crippen LogP contribution >= 0.6 is 0 Å². The number of nitrogens with zero attached hydrogens (tertiary/aromatic N) is 2. The molecule has 1 N–H and O–H groups in total. The summed E-state index contributed by atoms with van der Waals surface area (Å²) in [6.45, 7) is 5.61. The molecular formula is C25H35N3O2. The van der Waals surface area contributed by atoms with Gasteiger partial charge in [0.25, 0.3) is 0 Å². The molecule has 1 unspecified atom stereocenters. The second kappa shape index (κ2) is 11.3. The van der Waals surface area contributed by atoms with Crippen LogP contribution in [0.5, 0.6) is 5.75 Å². The van der Waals surface area contributed by atoms with E-state index in [0.717, 1.165) is 50.9 Å². The summed E-state index contributed by atoms with van der Waals surface area (Å²) in [6, 6.07) is 13.1. The maximum Gasteiger partial charge on any atom is 0.139 e. The molecule has 0 saturated carbocycles. The molecule has 0 spiro atoms. The van der Waals surface area contributed by atoms with Crippen molar-refractivity contribution in [1.29, 1.82) is 0 Å². The molecular weight excluding hydrogens is 374 g/mol. The Balaban J connectivity index is 1.19. The first-order valence-electron chi connectivity index (χ1n) is 11.5. The quantitative estimate of drug-likeness (QED) is 0.589. The van der Waals surface area contributed by atoms with Crippen LogP contribution in [0.3, 0.4) is 0 Å². The average molecular weight is 410 g/mol. The van der Waals surface area contributed by atoms with Gasteiger partial charge >= 0.3 is 0 Å². The first-order valence-corrected chi connectivity index (χ1v) is 11.5. The van der Waals surface area contributed by atoms with Crippen LogP contribution in [-0.2, 0) is 11.3 Å². The van der Waals surface area contributed by atoms with Gasteiger partial charge in [0.15, 0.2) is 0 Å². The Morgan fingerprint density at radius 1 is 1.10 bits per heavy atom. The van der Waals surface area contributed by atoms with E-state index in [4.69, 9.17) is 9.47 Å². The first-order chi connectivity index (χ1) is 14.9. The number of anilines is 1. The summed E-state index contributed by atoms with van der Waals surface area (Å²) in [5, 5.41) is 3.48. The van der Waals surface area contributed by atoms with Gasteiger partial charge in [-0.25, -0.2) is 0 Å². The number of hydrogen-bond acceptors (Lipinski definition) is 5. The van der Waals surface area contributed by atoms with E-state index in [1.807, 2.05) is 18.5 Å². The minimum atomic E-state index is 0.483. The van der Waals surface area contributed by atoms with Crippen LogP contribution in [0.1, 0.15) is 44.1 Å². The van der Waals surface area contributed by atoms with E-state index in [1.54, 1.807) is 0 Å². The van der Waals surface area contributed by atoms with Crippen LogP contribution < -0.4 is 15.0 Å². The molecule has 5 nitrogen and oxygen atoms in total. The topological polar surface area (TPSA) is 46.6 Å². The van der Waals surface area contributed by atoms with Crippen molar-refractivity contribution in [2.24, 2.45) is 5.92 Å². The maximum absolute atomic E-state index is 6.01. The molecule has 3 heterocycles. The van der Waals surface area contributed by atoms with Crippen LogP contribution in [0.4, 0.5) is 5.69 Å². The molecule has 30 heavy (non-hydrogen) atoms. The van der Waals surface area contributed by atoms with E-state index in [9.17, 15) is 0 Å². The summed E-state index contributed by atoms with van der Waals surface area (Å²) < 4.78 is 11.9. The standard InChI is InChI=1S/C25H35N3O2/c1-2-7-22(8-3-1)19-29-14-6-10-21-9-5-13-28(18-21)24-15-25(17-26-16-24)30-20-23-11-4-12-27-23/h1-3,7-8,15-17,21,23,27H,4-6,9-14,18-20H2/t21?,23-/m0/s1. The van der Waals surface area contributed by atoms with Crippen molar-refractivity contribution >= 4 is 5.69 Å². The summed E-state index contributed by atoms with van der Waals surface area (Å²) in [6.07, 6.45) is 11.2. The van der Waals surface area contributed by atoms with Crippen LogP contribution in [0.25, 0.3) is 0 Å². The van der Waals surface area contributed by atoms with Gasteiger partial charge in [-0.2, -0.15) is 0 Å². The Morgan fingerprint density at radius 2 is 2.03 bits per heavy atom. The molecule has 4 rings (SSSR count). The molecule has 162 valence electrons. The lowest BCUT2D eigenvalue weighted by Crippen LogP contribution is -2.35. The SMILES string of the molecule is c1ccc(COCCCC2CCCN(c3cncc(OC[C@@H]4CCCN4)c3)C2)cc1. The molecule has 2 aliphatic rings. The zero-order chi connectivity index (χ0) is 20.4. The minimum Gasteiger partial charge on any atom is -0.490 e. The molecule has 2 aliphatic heterocycles. The second-order valence-corrected chi connectivity index (χ2v) is 8.62. The Hall–Kier alpha value is -2.11. The maximum atomic E-state index is 6.01. The molecule has 1 aromatic carbocycles. The zero-order valence-corrected chi connectivity index (χ0v) is 18.0. The highest BCUT2D eigenvalue weighted by Crippen LogP contribution is 2.27. The molecule has 0 amide bonds. The van der Waals surface area contributed by atoms with Crippen LogP contribution in [0.2, 0.25) is 0 Å². The zero-order valence-electron chi connectivity index (χ0n) is 18.0. The number of pyridine rings is 1. The van der Waals surface area contributed by atoms with Crippen molar-refractivity contribution in [2.75, 3.05) is 37.7 Å². The third kappa shape index (κ3) is 6.44. The van der Waals surface area contributed by atoms with E-state index >= 15 is 0 Å². The van der Waals surface area contributed by atoms with Gasteiger partial charge in [-0.1, -0.05) is 30.3 Å². The predicted octanol–water partition coefficient (Wildman–Crippen LogP) is 4.43. The van der Waals surface area contributed by atoms with Gasteiger partial charge in [0.1, 0.15) is 12.4 Å². The molecule has 0 aliphatic carbocycles. The fourth-order valence-corrected chi connectivity index (χ4v) is 4.53. The Bertz CT molecular complexity index is 749. The van der Waals surface area contributed by atoms with Gasteiger partial charge < -0.3 is 19.7 Å². The van der Waals surface area contributed by atoms with Crippen molar-refractivity contribution in [3.8, 4) is 5.75 Å². The lowest BCUT2D eigenvalue weighted by atomic mass is 9.93. The lowest BCUT2D eigenvalue weighted by molar-refractivity contribution is 0.113. The number of benzene rings is 1. The van der Waals surface area contributed by atoms with Crippen molar-refractivity contribution in [3.05, 3.63) is 54.4 Å². The summed E-state index contributed by atoms with van der Waals surface area (Å²) >= 11 is 0. The lowest BCUT2D eigenvalue weighted by Gasteiger charge is -2.34. The Morgan fingerprint density at radius 3 is 2.90 bits per heavy atom. The van der Waals surface area contributed by atoms with Gasteiger partial charge in [-0.3, -0.25) is 4.98 Å². The molecule has 0 radical (unpaired) electrons. The predicted molar refractivity (Wildman–Crippen MR) is 121 cm³/mol. The van der Waals surface area contributed by atoms with Crippen LogP contribution in [-0.4, -0.2) is 43.9 Å². The van der Waals surface area contributed by atoms with Crippen LogP contribution in [0, 0.1) is 5.92 Å². The fraction of sp³-hybridized carbons (Fsp3) is 0.560. The van der Waals surface area contributed by atoms with Gasteiger partial charge in [0, 0.05) is 31.8 Å². The third-order valence-corrected chi connectivity index (χ3v) is 6.21. The first kappa shape index (κ1) is 21.1. The summed E-state index contributed by atoms with van der Waals surface area (Å²) in [7, 11) is 0. The smallest absolute Gasteiger partial charge is 0.139 e. The average Bonchev–Trinajstić information content (AvgIpc) is 3.32. The second-order valence-electron chi connectivity index (χ2n) is 8.62. The summed E-state index contributed by atoms with van der Waals surface area (Å²) in [5.74, 6) is 1.61. The molecule has 1 aromatic heterocycles. The fourth-order valence-electron chi connectivity index (χ4n) is 4.53. The molecule has 2 saturated heterocycles. The molecule has 2 aromatic rings. The molecule has 5 heteroatoms.